The van der Waals surface area contributed by atoms with Gasteiger partial charge >= 0.3 is 0 Å². The highest BCUT2D eigenvalue weighted by Gasteiger charge is 2.21. The highest BCUT2D eigenvalue weighted by molar-refractivity contribution is 7.18. The number of thiazole rings is 1. The third kappa shape index (κ3) is 7.90. The van der Waals surface area contributed by atoms with Crippen LogP contribution in [0.5, 0.6) is 17.2 Å². The minimum absolute atomic E-state index is 0.0597. The van der Waals surface area contributed by atoms with Crippen LogP contribution in [0.25, 0.3) is 10.2 Å². The molecule has 1 amide bonds. The van der Waals surface area contributed by atoms with Crippen LogP contribution in [-0.2, 0) is 4.79 Å². The van der Waals surface area contributed by atoms with Crippen molar-refractivity contribution in [3.63, 3.8) is 0 Å². The second kappa shape index (κ2) is 12.8. The Morgan fingerprint density at radius 2 is 1.64 bits per heavy atom. The van der Waals surface area contributed by atoms with Crippen molar-refractivity contribution >= 4 is 44.7 Å². The van der Waals surface area contributed by atoms with Crippen LogP contribution in [0, 0.1) is 6.92 Å². The predicted octanol–water partition coefficient (Wildman–Crippen LogP) is 5.05. The quantitative estimate of drug-likeness (QED) is 0.278. The second-order valence-corrected chi connectivity index (χ2v) is 11.2. The summed E-state index contributed by atoms with van der Waals surface area (Å²) >= 11 is 7.56. The van der Waals surface area contributed by atoms with Crippen LogP contribution >= 0.6 is 22.9 Å². The van der Waals surface area contributed by atoms with E-state index in [0.29, 0.717) is 41.0 Å². The van der Waals surface area contributed by atoms with Gasteiger partial charge in [-0.25, -0.2) is 4.98 Å². The van der Waals surface area contributed by atoms with E-state index in [4.69, 9.17) is 21.1 Å². The number of fused-ring (bicyclic) bond motifs is 1. The molecular weight excluding hydrogens is 536 g/mol. The fraction of sp³-hybridized carbons (Fsp3) is 0.310. The molecule has 10 heteroatoms. The molecule has 1 aliphatic heterocycles. The van der Waals surface area contributed by atoms with E-state index in [1.165, 1.54) is 0 Å². The Morgan fingerprint density at radius 3 is 2.36 bits per heavy atom. The van der Waals surface area contributed by atoms with Crippen LogP contribution in [0.1, 0.15) is 5.01 Å². The minimum atomic E-state index is -0.598. The fourth-order valence-electron chi connectivity index (χ4n) is 4.43. The van der Waals surface area contributed by atoms with E-state index in [9.17, 15) is 9.90 Å². The molecule has 0 spiro atoms. The summed E-state index contributed by atoms with van der Waals surface area (Å²) in [6, 6.07) is 20.3. The third-order valence-corrected chi connectivity index (χ3v) is 7.60. The lowest BCUT2D eigenvalue weighted by atomic mass is 10.2. The predicted molar refractivity (Wildman–Crippen MR) is 155 cm³/mol. The van der Waals surface area contributed by atoms with Crippen molar-refractivity contribution in [2.75, 3.05) is 51.2 Å². The van der Waals surface area contributed by atoms with E-state index in [1.807, 2.05) is 49.4 Å². The summed E-state index contributed by atoms with van der Waals surface area (Å²) in [7, 11) is 0. The Morgan fingerprint density at radius 1 is 1.00 bits per heavy atom. The zero-order valence-electron chi connectivity index (χ0n) is 21.7. The lowest BCUT2D eigenvalue weighted by Gasteiger charge is -2.35. The maximum absolute atomic E-state index is 12.6. The molecule has 0 radical (unpaired) electrons. The topological polar surface area (TPSA) is 87.2 Å². The van der Waals surface area contributed by atoms with Gasteiger partial charge in [-0.1, -0.05) is 11.6 Å². The summed E-state index contributed by atoms with van der Waals surface area (Å²) in [6.45, 7) is 6.14. The molecule has 204 valence electrons. The highest BCUT2D eigenvalue weighted by Crippen LogP contribution is 2.26. The molecule has 5 rings (SSSR count). The van der Waals surface area contributed by atoms with Crippen molar-refractivity contribution in [1.29, 1.82) is 0 Å². The lowest BCUT2D eigenvalue weighted by Crippen LogP contribution is -2.50. The van der Waals surface area contributed by atoms with Crippen molar-refractivity contribution in [3.05, 3.63) is 76.8 Å². The molecule has 0 aliphatic carbocycles. The zero-order chi connectivity index (χ0) is 27.2. The number of carbonyl (C=O) groups excluding carboxylic acids is 1. The summed E-state index contributed by atoms with van der Waals surface area (Å²) in [5.41, 5.74) is 1.64. The first-order valence-electron chi connectivity index (χ1n) is 12.9. The van der Waals surface area contributed by atoms with E-state index in [1.54, 1.807) is 35.6 Å². The van der Waals surface area contributed by atoms with E-state index in [0.717, 1.165) is 41.4 Å². The highest BCUT2D eigenvalue weighted by atomic mass is 35.5. The third-order valence-electron chi connectivity index (χ3n) is 6.40. The molecule has 2 N–H and O–H groups in total. The van der Waals surface area contributed by atoms with Crippen molar-refractivity contribution in [2.24, 2.45) is 0 Å². The van der Waals surface area contributed by atoms with Gasteiger partial charge in [0.2, 0.25) is 5.91 Å². The molecule has 1 aliphatic rings. The van der Waals surface area contributed by atoms with Crippen LogP contribution in [0.3, 0.4) is 0 Å². The summed E-state index contributed by atoms with van der Waals surface area (Å²) in [5.74, 6) is 2.02. The largest absolute Gasteiger partial charge is 0.491 e. The van der Waals surface area contributed by atoms with E-state index in [-0.39, 0.29) is 12.5 Å². The number of ether oxygens (including phenoxy) is 2. The molecule has 39 heavy (non-hydrogen) atoms. The first-order valence-corrected chi connectivity index (χ1v) is 14.1. The molecule has 0 unspecified atom stereocenters. The fourth-order valence-corrected chi connectivity index (χ4v) is 5.37. The van der Waals surface area contributed by atoms with E-state index in [2.05, 4.69) is 20.1 Å². The van der Waals surface area contributed by atoms with Gasteiger partial charge in [0.05, 0.1) is 21.8 Å². The van der Waals surface area contributed by atoms with Gasteiger partial charge in [0.15, 0.2) is 0 Å². The van der Waals surface area contributed by atoms with Crippen LogP contribution in [-0.4, -0.2) is 77.8 Å². The monoisotopic (exact) mass is 566 g/mol. The Labute approximate surface area is 236 Å². The lowest BCUT2D eigenvalue weighted by molar-refractivity contribution is -0.117. The number of nitrogens with one attached hydrogen (secondary N) is 1. The summed E-state index contributed by atoms with van der Waals surface area (Å²) in [6.07, 6.45) is -0.598. The number of aryl methyl sites for hydroxylation is 1. The number of nitrogens with zero attached hydrogens (tertiary/aromatic N) is 3. The number of anilines is 1. The molecular formula is C29H31ClN4O4S. The van der Waals surface area contributed by atoms with Crippen molar-refractivity contribution in [2.45, 2.75) is 13.0 Å². The summed E-state index contributed by atoms with van der Waals surface area (Å²) in [4.78, 5) is 21.4. The smallest absolute Gasteiger partial charge is 0.238 e. The number of benzene rings is 3. The number of piperazine rings is 1. The summed E-state index contributed by atoms with van der Waals surface area (Å²) < 4.78 is 12.7. The van der Waals surface area contributed by atoms with Crippen molar-refractivity contribution in [3.8, 4) is 17.2 Å². The van der Waals surface area contributed by atoms with Gasteiger partial charge in [-0.15, -0.1) is 11.3 Å². The number of β-amino-alcohol motifs (C(OH)–C–C–N with tert-alkyl or cyclic N) is 1. The number of carbonyl (C=O) groups is 1. The normalized spacial score (nSPS) is 15.3. The maximum atomic E-state index is 12.6. The number of rotatable bonds is 10. The van der Waals surface area contributed by atoms with Gasteiger partial charge in [0.25, 0.3) is 0 Å². The second-order valence-electron chi connectivity index (χ2n) is 9.53. The Kier molecular flexibility index (Phi) is 8.95. The van der Waals surface area contributed by atoms with Crippen LogP contribution in [0.15, 0.2) is 66.7 Å². The van der Waals surface area contributed by atoms with Crippen molar-refractivity contribution < 1.29 is 19.4 Å². The molecule has 8 nitrogen and oxygen atoms in total. The van der Waals surface area contributed by atoms with Gasteiger partial charge in [-0.2, -0.15) is 0 Å². The molecule has 1 aromatic heterocycles. The number of hydrogen-bond acceptors (Lipinski definition) is 8. The van der Waals surface area contributed by atoms with E-state index < -0.39 is 6.10 Å². The number of hydrogen-bond donors (Lipinski definition) is 2. The van der Waals surface area contributed by atoms with E-state index >= 15 is 0 Å². The number of aromatic nitrogens is 1. The van der Waals surface area contributed by atoms with Gasteiger partial charge in [0, 0.05) is 49.5 Å². The average Bonchev–Trinajstić information content (AvgIpc) is 3.30. The number of amides is 1. The molecule has 4 aromatic rings. The molecule has 1 atom stereocenters. The van der Waals surface area contributed by atoms with Gasteiger partial charge in [0.1, 0.15) is 30.0 Å². The van der Waals surface area contributed by atoms with Crippen LogP contribution < -0.4 is 14.8 Å². The van der Waals surface area contributed by atoms with Crippen molar-refractivity contribution in [1.82, 2.24) is 14.8 Å². The Bertz CT molecular complexity index is 1390. The average molecular weight is 567 g/mol. The molecule has 1 fully saturated rings. The Balaban J connectivity index is 0.999. The van der Waals surface area contributed by atoms with Gasteiger partial charge in [-0.05, 0) is 67.6 Å². The standard InChI is InChI=1S/C29H31ClN4O4S/c1-20-31-27-16-26(10-11-28(27)39-20)37-19-23(35)17-33-12-14-34(15-13-33)18-29(36)32-22-4-8-25(9-5-22)38-24-6-2-21(30)3-7-24/h2-11,16,23,35H,12-15,17-19H2,1H3,(H,32,36)/t23-/m0/s1. The molecule has 1 saturated heterocycles. The van der Waals surface area contributed by atoms with Gasteiger partial charge < -0.3 is 19.9 Å². The molecule has 2 heterocycles. The summed E-state index contributed by atoms with van der Waals surface area (Å²) in [5, 5.41) is 15.1. The van der Waals surface area contributed by atoms with Crippen LogP contribution in [0.4, 0.5) is 5.69 Å². The zero-order valence-corrected chi connectivity index (χ0v) is 23.3. The molecule has 3 aromatic carbocycles. The number of halogens is 1. The van der Waals surface area contributed by atoms with Crippen LogP contribution in [0.2, 0.25) is 5.02 Å². The molecule has 0 saturated carbocycles. The SMILES string of the molecule is Cc1nc2cc(OC[C@@H](O)CN3CCN(CC(=O)Nc4ccc(Oc5ccc(Cl)cc5)cc4)CC3)ccc2s1. The number of aliphatic hydroxyl groups excluding tert-OH is 1. The first kappa shape index (κ1) is 27.4. The first-order chi connectivity index (χ1) is 18.9. The maximum Gasteiger partial charge on any atom is 0.238 e. The number of aliphatic hydroxyl groups is 1. The Hall–Kier alpha value is -3.21. The molecule has 0 bridgehead atoms. The van der Waals surface area contributed by atoms with Gasteiger partial charge in [-0.3, -0.25) is 14.6 Å². The minimum Gasteiger partial charge on any atom is -0.491 e.